The first-order chi connectivity index (χ1) is 14.4. The van der Waals surface area contributed by atoms with Crippen LogP contribution >= 0.6 is 11.6 Å². The van der Waals surface area contributed by atoms with Crippen molar-refractivity contribution in [3.8, 4) is 0 Å². The average Bonchev–Trinajstić information content (AvgIpc) is 2.99. The number of halogens is 1. The number of benzene rings is 1. The van der Waals surface area contributed by atoms with Crippen LogP contribution < -0.4 is 10.8 Å². The van der Waals surface area contributed by atoms with E-state index in [1.54, 1.807) is 17.6 Å². The van der Waals surface area contributed by atoms with Crippen LogP contribution in [0.15, 0.2) is 24.3 Å². The molecule has 1 saturated carbocycles. The molecule has 6 N–H and O–H groups in total. The fraction of sp³-hybridized carbons (Fsp3) is 0.682. The van der Waals surface area contributed by atoms with Gasteiger partial charge < -0.3 is 20.6 Å². The second kappa shape index (κ2) is 13.1. The van der Waals surface area contributed by atoms with Crippen molar-refractivity contribution >= 4 is 23.2 Å². The summed E-state index contributed by atoms with van der Waals surface area (Å²) in [4.78, 5) is 11.0. The van der Waals surface area contributed by atoms with Gasteiger partial charge in [0.25, 0.3) is 0 Å². The van der Waals surface area contributed by atoms with E-state index in [1.807, 2.05) is 12.1 Å². The van der Waals surface area contributed by atoms with E-state index in [9.17, 15) is 20.1 Å². The van der Waals surface area contributed by atoms with E-state index in [4.69, 9.17) is 16.8 Å². The third kappa shape index (κ3) is 8.40. The molecule has 0 aromatic heterocycles. The maximum absolute atomic E-state index is 11.0. The van der Waals surface area contributed by atoms with Gasteiger partial charge in [0.15, 0.2) is 0 Å². The van der Waals surface area contributed by atoms with E-state index in [2.05, 4.69) is 5.32 Å². The first-order valence-electron chi connectivity index (χ1n) is 10.9. The van der Waals surface area contributed by atoms with Gasteiger partial charge in [-0.3, -0.25) is 10.0 Å². The SMILES string of the molecule is O=C(CCCCCCC1C(CCC(O)CNc2cccc(Cl)c2)[C@H](O)C[C@@H]1O)NO. The Morgan fingerprint density at radius 3 is 2.50 bits per heavy atom. The minimum absolute atomic E-state index is 0.0130. The molecule has 1 fully saturated rings. The van der Waals surface area contributed by atoms with Gasteiger partial charge in [-0.1, -0.05) is 36.9 Å². The summed E-state index contributed by atoms with van der Waals surface area (Å²) >= 11 is 5.96. The lowest BCUT2D eigenvalue weighted by atomic mass is 9.85. The summed E-state index contributed by atoms with van der Waals surface area (Å²) < 4.78 is 0. The molecule has 30 heavy (non-hydrogen) atoms. The number of hydroxylamine groups is 1. The van der Waals surface area contributed by atoms with Crippen LogP contribution in [0.4, 0.5) is 5.69 Å². The molecule has 7 nitrogen and oxygen atoms in total. The number of carbonyl (C=O) groups excluding carboxylic acids is 1. The van der Waals surface area contributed by atoms with Crippen LogP contribution in [-0.4, -0.2) is 51.3 Å². The molecule has 1 aromatic rings. The molecule has 2 rings (SSSR count). The molecule has 1 aliphatic carbocycles. The zero-order chi connectivity index (χ0) is 21.9. The highest BCUT2D eigenvalue weighted by molar-refractivity contribution is 6.30. The summed E-state index contributed by atoms with van der Waals surface area (Å²) in [5, 5.41) is 43.3. The average molecular weight is 443 g/mol. The Morgan fingerprint density at radius 2 is 1.80 bits per heavy atom. The van der Waals surface area contributed by atoms with Gasteiger partial charge in [0.1, 0.15) is 0 Å². The molecule has 0 aliphatic heterocycles. The maximum Gasteiger partial charge on any atom is 0.243 e. The first kappa shape index (κ1) is 24.9. The van der Waals surface area contributed by atoms with Crippen LogP contribution in [0.1, 0.15) is 57.8 Å². The molecular weight excluding hydrogens is 408 g/mol. The number of aliphatic hydroxyl groups is 3. The van der Waals surface area contributed by atoms with Gasteiger partial charge in [0.2, 0.25) is 5.91 Å². The van der Waals surface area contributed by atoms with E-state index in [0.717, 1.165) is 37.8 Å². The predicted molar refractivity (Wildman–Crippen MR) is 116 cm³/mol. The van der Waals surface area contributed by atoms with Gasteiger partial charge >= 0.3 is 0 Å². The van der Waals surface area contributed by atoms with Gasteiger partial charge in [0.05, 0.1) is 18.3 Å². The van der Waals surface area contributed by atoms with E-state index >= 15 is 0 Å². The molecule has 1 aliphatic rings. The summed E-state index contributed by atoms with van der Waals surface area (Å²) in [5.74, 6) is -0.345. The highest BCUT2D eigenvalue weighted by Crippen LogP contribution is 2.39. The van der Waals surface area contributed by atoms with E-state index in [-0.39, 0.29) is 17.7 Å². The summed E-state index contributed by atoms with van der Waals surface area (Å²) in [6.07, 6.45) is 4.62. The quantitative estimate of drug-likeness (QED) is 0.158. The van der Waals surface area contributed by atoms with E-state index < -0.39 is 18.3 Å². The molecule has 0 saturated heterocycles. The van der Waals surface area contributed by atoms with Crippen molar-refractivity contribution in [2.75, 3.05) is 11.9 Å². The number of anilines is 1. The largest absolute Gasteiger partial charge is 0.393 e. The molecule has 170 valence electrons. The normalized spacial score (nSPS) is 24.6. The highest BCUT2D eigenvalue weighted by Gasteiger charge is 2.40. The van der Waals surface area contributed by atoms with Gasteiger partial charge in [-0.2, -0.15) is 0 Å². The monoisotopic (exact) mass is 442 g/mol. The smallest absolute Gasteiger partial charge is 0.243 e. The molecule has 1 amide bonds. The highest BCUT2D eigenvalue weighted by atomic mass is 35.5. The van der Waals surface area contributed by atoms with Crippen molar-refractivity contribution in [3.05, 3.63) is 29.3 Å². The Labute approximate surface area is 183 Å². The summed E-state index contributed by atoms with van der Waals surface area (Å²) in [5.41, 5.74) is 2.48. The van der Waals surface area contributed by atoms with Crippen LogP contribution in [0.25, 0.3) is 0 Å². The molecule has 3 unspecified atom stereocenters. The van der Waals surface area contributed by atoms with Crippen molar-refractivity contribution in [1.82, 2.24) is 5.48 Å². The van der Waals surface area contributed by atoms with Crippen LogP contribution in [-0.2, 0) is 4.79 Å². The van der Waals surface area contributed by atoms with Gasteiger partial charge in [-0.15, -0.1) is 0 Å². The minimum Gasteiger partial charge on any atom is -0.393 e. The fourth-order valence-electron chi connectivity index (χ4n) is 4.38. The lowest BCUT2D eigenvalue weighted by molar-refractivity contribution is -0.129. The molecule has 8 heteroatoms. The topological polar surface area (TPSA) is 122 Å². The molecule has 0 heterocycles. The Hall–Kier alpha value is -1.38. The van der Waals surface area contributed by atoms with Crippen LogP contribution in [0.5, 0.6) is 0 Å². The lowest BCUT2D eigenvalue weighted by Gasteiger charge is -2.25. The molecule has 0 bridgehead atoms. The molecular formula is C22H35ClN2O5. The number of aliphatic hydroxyl groups excluding tert-OH is 3. The van der Waals surface area contributed by atoms with Crippen molar-refractivity contribution in [1.29, 1.82) is 0 Å². The minimum atomic E-state index is -0.549. The number of nitrogens with one attached hydrogen (secondary N) is 2. The van der Waals surface area contributed by atoms with Crippen molar-refractivity contribution in [2.24, 2.45) is 11.8 Å². The number of hydrogen-bond donors (Lipinski definition) is 6. The summed E-state index contributed by atoms with van der Waals surface area (Å²) in [6.45, 7) is 0.401. The Bertz CT molecular complexity index is 648. The van der Waals surface area contributed by atoms with Gasteiger partial charge in [-0.25, -0.2) is 5.48 Å². The number of carbonyl (C=O) groups is 1. The second-order valence-corrected chi connectivity index (χ2v) is 8.74. The standard InChI is InChI=1S/C22H35ClN2O5/c23-15-6-5-7-16(12-15)24-14-17(26)10-11-19-18(20(27)13-21(19)28)8-3-1-2-4-9-22(29)25-30/h5-7,12,17-21,24,26-28,30H,1-4,8-11,13-14H2,(H,25,29)/t17?,18?,19?,20-,21+/m0/s1. The zero-order valence-corrected chi connectivity index (χ0v) is 18.1. The predicted octanol–water partition coefficient (Wildman–Crippen LogP) is 3.10. The fourth-order valence-corrected chi connectivity index (χ4v) is 4.57. The third-order valence-electron chi connectivity index (χ3n) is 6.04. The number of rotatable bonds is 13. The van der Waals surface area contributed by atoms with Gasteiger partial charge in [0, 0.05) is 23.7 Å². The first-order valence-corrected chi connectivity index (χ1v) is 11.2. The Balaban J connectivity index is 1.69. The molecule has 1 aromatic carbocycles. The molecule has 0 radical (unpaired) electrons. The van der Waals surface area contributed by atoms with Crippen molar-refractivity contribution < 1.29 is 25.3 Å². The van der Waals surface area contributed by atoms with Crippen LogP contribution in [0, 0.1) is 11.8 Å². The number of unbranched alkanes of at least 4 members (excludes halogenated alkanes) is 3. The van der Waals surface area contributed by atoms with Gasteiger partial charge in [-0.05, 0) is 62.1 Å². The summed E-state index contributed by atoms with van der Waals surface area (Å²) in [6, 6.07) is 7.33. The molecule has 0 spiro atoms. The summed E-state index contributed by atoms with van der Waals surface area (Å²) in [7, 11) is 0. The Kier molecular flexibility index (Phi) is 10.9. The lowest BCUT2D eigenvalue weighted by Crippen LogP contribution is -2.26. The third-order valence-corrected chi connectivity index (χ3v) is 6.27. The van der Waals surface area contributed by atoms with Crippen molar-refractivity contribution in [3.63, 3.8) is 0 Å². The molecule has 5 atom stereocenters. The van der Waals surface area contributed by atoms with Crippen LogP contribution in [0.2, 0.25) is 5.02 Å². The van der Waals surface area contributed by atoms with Crippen molar-refractivity contribution in [2.45, 2.75) is 76.1 Å². The number of amides is 1. The number of hydrogen-bond acceptors (Lipinski definition) is 6. The van der Waals surface area contributed by atoms with Crippen LogP contribution in [0.3, 0.4) is 0 Å². The van der Waals surface area contributed by atoms with E-state index in [1.165, 1.54) is 0 Å². The Morgan fingerprint density at radius 1 is 1.10 bits per heavy atom. The maximum atomic E-state index is 11.0. The van der Waals surface area contributed by atoms with E-state index in [0.29, 0.717) is 37.3 Å². The zero-order valence-electron chi connectivity index (χ0n) is 17.3. The second-order valence-electron chi connectivity index (χ2n) is 8.31.